The topological polar surface area (TPSA) is 46.5 Å². The van der Waals surface area contributed by atoms with Gasteiger partial charge in [-0.3, -0.25) is 4.79 Å². The van der Waals surface area contributed by atoms with E-state index < -0.39 is 0 Å². The summed E-state index contributed by atoms with van der Waals surface area (Å²) < 4.78 is 4.62. The number of esters is 1. The highest BCUT2D eigenvalue weighted by Gasteiger charge is 2.40. The van der Waals surface area contributed by atoms with Crippen molar-refractivity contribution in [3.8, 4) is 0 Å². The number of carbonyl (C=O) groups excluding carboxylic acids is 1. The molecule has 0 saturated heterocycles. The quantitative estimate of drug-likeness (QED) is 0.465. The van der Waals surface area contributed by atoms with Gasteiger partial charge in [-0.05, 0) is 56.3 Å². The van der Waals surface area contributed by atoms with Crippen LogP contribution in [0.15, 0.2) is 11.6 Å². The molecule has 0 amide bonds. The van der Waals surface area contributed by atoms with Crippen LogP contribution in [0.2, 0.25) is 0 Å². The lowest BCUT2D eigenvalue weighted by atomic mass is 9.92. The van der Waals surface area contributed by atoms with E-state index in [4.69, 9.17) is 0 Å². The predicted molar refractivity (Wildman–Crippen MR) is 70.0 cm³/mol. The van der Waals surface area contributed by atoms with Crippen LogP contribution < -0.4 is 0 Å². The lowest BCUT2D eigenvalue weighted by Crippen LogP contribution is -2.12. The van der Waals surface area contributed by atoms with Crippen molar-refractivity contribution in [2.75, 3.05) is 13.7 Å². The van der Waals surface area contributed by atoms with E-state index in [0.29, 0.717) is 18.9 Å². The molecule has 0 aromatic heterocycles. The SMILES string of the molecule is COC(=O)CCC/C=C1/C[C@@H]2CC[C@H](CO)[C@H]2C1. The van der Waals surface area contributed by atoms with Gasteiger partial charge in [0.25, 0.3) is 0 Å². The molecule has 102 valence electrons. The molecule has 2 rings (SSSR count). The second-order valence-electron chi connectivity index (χ2n) is 5.68. The van der Waals surface area contributed by atoms with Crippen molar-refractivity contribution in [2.45, 2.75) is 44.9 Å². The maximum atomic E-state index is 11.0. The summed E-state index contributed by atoms with van der Waals surface area (Å²) in [4.78, 5) is 11.0. The molecule has 3 heteroatoms. The molecule has 3 atom stereocenters. The predicted octanol–water partition coefficient (Wildman–Crippen LogP) is 2.68. The molecule has 0 aromatic carbocycles. The number of rotatable bonds is 5. The molecule has 2 aliphatic rings. The maximum absolute atomic E-state index is 11.0. The number of unbranched alkanes of at least 4 members (excludes halogenated alkanes) is 1. The van der Waals surface area contributed by atoms with Crippen LogP contribution in [0.25, 0.3) is 0 Å². The van der Waals surface area contributed by atoms with E-state index >= 15 is 0 Å². The van der Waals surface area contributed by atoms with Crippen molar-refractivity contribution < 1.29 is 14.6 Å². The summed E-state index contributed by atoms with van der Waals surface area (Å²) in [6, 6.07) is 0. The van der Waals surface area contributed by atoms with E-state index in [2.05, 4.69) is 10.8 Å². The number of aliphatic hydroxyl groups excluding tert-OH is 1. The molecule has 18 heavy (non-hydrogen) atoms. The Morgan fingerprint density at radius 3 is 3.00 bits per heavy atom. The number of ether oxygens (including phenoxy) is 1. The zero-order valence-electron chi connectivity index (χ0n) is 11.2. The second kappa shape index (κ2) is 6.37. The van der Waals surface area contributed by atoms with Gasteiger partial charge in [0.2, 0.25) is 0 Å². The Balaban J connectivity index is 1.74. The van der Waals surface area contributed by atoms with Gasteiger partial charge >= 0.3 is 5.97 Å². The first-order valence-corrected chi connectivity index (χ1v) is 7.10. The molecule has 3 nitrogen and oxygen atoms in total. The van der Waals surface area contributed by atoms with E-state index in [1.165, 1.54) is 32.8 Å². The highest BCUT2D eigenvalue weighted by Crippen LogP contribution is 2.49. The lowest BCUT2D eigenvalue weighted by molar-refractivity contribution is -0.140. The van der Waals surface area contributed by atoms with Crippen LogP contribution in [0.4, 0.5) is 0 Å². The van der Waals surface area contributed by atoms with Crippen molar-refractivity contribution in [1.82, 2.24) is 0 Å². The third-order valence-corrected chi connectivity index (χ3v) is 4.62. The number of methoxy groups -OCH3 is 1. The van der Waals surface area contributed by atoms with Crippen LogP contribution in [0, 0.1) is 17.8 Å². The summed E-state index contributed by atoms with van der Waals surface area (Å²) in [6.45, 7) is 0.358. The second-order valence-corrected chi connectivity index (χ2v) is 5.68. The van der Waals surface area contributed by atoms with E-state index in [1.54, 1.807) is 5.57 Å². The Bertz CT molecular complexity index is 322. The van der Waals surface area contributed by atoms with Crippen molar-refractivity contribution in [3.05, 3.63) is 11.6 Å². The largest absolute Gasteiger partial charge is 0.469 e. The smallest absolute Gasteiger partial charge is 0.305 e. The summed E-state index contributed by atoms with van der Waals surface area (Å²) in [6.07, 6.45) is 9.59. The molecule has 2 fully saturated rings. The summed E-state index contributed by atoms with van der Waals surface area (Å²) in [5, 5.41) is 9.33. The molecular formula is C15H24O3. The minimum absolute atomic E-state index is 0.114. The van der Waals surface area contributed by atoms with Gasteiger partial charge in [-0.25, -0.2) is 0 Å². The van der Waals surface area contributed by atoms with Gasteiger partial charge in [-0.2, -0.15) is 0 Å². The highest BCUT2D eigenvalue weighted by atomic mass is 16.5. The highest BCUT2D eigenvalue weighted by molar-refractivity contribution is 5.69. The maximum Gasteiger partial charge on any atom is 0.305 e. The molecule has 0 heterocycles. The zero-order chi connectivity index (χ0) is 13.0. The average Bonchev–Trinajstić information content (AvgIpc) is 2.93. The Kier molecular flexibility index (Phi) is 4.81. The van der Waals surface area contributed by atoms with Crippen molar-refractivity contribution in [1.29, 1.82) is 0 Å². The van der Waals surface area contributed by atoms with Gasteiger partial charge in [-0.1, -0.05) is 11.6 Å². The summed E-state index contributed by atoms with van der Waals surface area (Å²) >= 11 is 0. The number of hydrogen-bond acceptors (Lipinski definition) is 3. The number of carbonyl (C=O) groups is 1. The van der Waals surface area contributed by atoms with E-state index in [-0.39, 0.29) is 5.97 Å². The van der Waals surface area contributed by atoms with Gasteiger partial charge < -0.3 is 9.84 Å². The number of aliphatic hydroxyl groups is 1. The standard InChI is InChI=1S/C15H24O3/c1-18-15(17)5-3-2-4-11-8-12-6-7-13(10-16)14(12)9-11/h4,12-14,16H,2-3,5-10H2,1H3/b11-4-/t12-,13+,14-/m0/s1. The molecule has 1 N–H and O–H groups in total. The van der Waals surface area contributed by atoms with Crippen LogP contribution in [0.1, 0.15) is 44.9 Å². The first-order valence-electron chi connectivity index (χ1n) is 7.10. The van der Waals surface area contributed by atoms with Crippen molar-refractivity contribution in [2.24, 2.45) is 17.8 Å². The van der Waals surface area contributed by atoms with E-state index in [0.717, 1.165) is 24.7 Å². The van der Waals surface area contributed by atoms with Crippen molar-refractivity contribution >= 4 is 5.97 Å². The van der Waals surface area contributed by atoms with Crippen LogP contribution in [-0.4, -0.2) is 24.8 Å². The monoisotopic (exact) mass is 252 g/mol. The van der Waals surface area contributed by atoms with Crippen LogP contribution >= 0.6 is 0 Å². The van der Waals surface area contributed by atoms with Crippen LogP contribution in [0.5, 0.6) is 0 Å². The number of allylic oxidation sites excluding steroid dienone is 2. The summed E-state index contributed by atoms with van der Waals surface area (Å²) in [5.74, 6) is 1.96. The fourth-order valence-electron chi connectivity index (χ4n) is 3.60. The number of fused-ring (bicyclic) bond motifs is 1. The Morgan fingerprint density at radius 1 is 1.44 bits per heavy atom. The summed E-state index contributed by atoms with van der Waals surface area (Å²) in [5.41, 5.74) is 1.55. The first-order chi connectivity index (χ1) is 8.74. The Morgan fingerprint density at radius 2 is 2.28 bits per heavy atom. The molecule has 0 bridgehead atoms. The van der Waals surface area contributed by atoms with Gasteiger partial charge in [0, 0.05) is 13.0 Å². The fourth-order valence-corrected chi connectivity index (χ4v) is 3.60. The van der Waals surface area contributed by atoms with Gasteiger partial charge in [0.1, 0.15) is 0 Å². The number of hydrogen-bond donors (Lipinski definition) is 1. The molecule has 0 spiro atoms. The first kappa shape index (κ1) is 13.6. The molecule has 2 aliphatic carbocycles. The lowest BCUT2D eigenvalue weighted by Gasteiger charge is -2.14. The van der Waals surface area contributed by atoms with E-state index in [9.17, 15) is 9.90 Å². The average molecular weight is 252 g/mol. The molecule has 2 saturated carbocycles. The Labute approximate surface area is 109 Å². The normalized spacial score (nSPS) is 32.8. The third-order valence-electron chi connectivity index (χ3n) is 4.62. The minimum atomic E-state index is -0.114. The molecule has 0 aromatic rings. The molecular weight excluding hydrogens is 228 g/mol. The zero-order valence-corrected chi connectivity index (χ0v) is 11.2. The fraction of sp³-hybridized carbons (Fsp3) is 0.800. The Hall–Kier alpha value is -0.830. The van der Waals surface area contributed by atoms with Gasteiger partial charge in [-0.15, -0.1) is 0 Å². The third kappa shape index (κ3) is 3.14. The van der Waals surface area contributed by atoms with Gasteiger partial charge in [0.05, 0.1) is 7.11 Å². The molecule has 0 radical (unpaired) electrons. The van der Waals surface area contributed by atoms with Crippen LogP contribution in [-0.2, 0) is 9.53 Å². The summed E-state index contributed by atoms with van der Waals surface area (Å²) in [7, 11) is 1.44. The minimum Gasteiger partial charge on any atom is -0.469 e. The van der Waals surface area contributed by atoms with Crippen molar-refractivity contribution in [3.63, 3.8) is 0 Å². The van der Waals surface area contributed by atoms with Crippen LogP contribution in [0.3, 0.4) is 0 Å². The molecule has 0 unspecified atom stereocenters. The van der Waals surface area contributed by atoms with E-state index in [1.807, 2.05) is 0 Å². The van der Waals surface area contributed by atoms with Gasteiger partial charge in [0.15, 0.2) is 0 Å². The molecule has 0 aliphatic heterocycles.